The van der Waals surface area contributed by atoms with Gasteiger partial charge in [-0.05, 0) is 68.8 Å². The van der Waals surface area contributed by atoms with Crippen molar-refractivity contribution in [2.45, 2.75) is 25.7 Å². The molecular formula is C27H23ClN2O4S. The molecule has 3 aromatic rings. The summed E-state index contributed by atoms with van der Waals surface area (Å²) in [5.74, 6) is -1.69. The highest BCUT2D eigenvalue weighted by Gasteiger charge is 2.41. The lowest BCUT2D eigenvalue weighted by Crippen LogP contribution is -2.33. The van der Waals surface area contributed by atoms with Crippen LogP contribution in [0.4, 0.5) is 11.4 Å². The molecule has 0 aromatic heterocycles. The van der Waals surface area contributed by atoms with Gasteiger partial charge in [-0.3, -0.25) is 9.59 Å². The molecule has 0 bridgehead atoms. The van der Waals surface area contributed by atoms with Crippen molar-refractivity contribution in [3.63, 3.8) is 0 Å². The van der Waals surface area contributed by atoms with Gasteiger partial charge in [-0.15, -0.1) is 0 Å². The van der Waals surface area contributed by atoms with E-state index in [4.69, 9.17) is 16.3 Å². The lowest BCUT2D eigenvalue weighted by Gasteiger charge is -2.18. The van der Waals surface area contributed by atoms with Crippen LogP contribution < -0.4 is 10.2 Å². The molecular weight excluding hydrogens is 484 g/mol. The molecule has 0 saturated carbocycles. The number of rotatable bonds is 7. The third kappa shape index (κ3) is 5.11. The Kier molecular flexibility index (Phi) is 7.28. The van der Waals surface area contributed by atoms with Crippen molar-refractivity contribution in [1.29, 1.82) is 0 Å². The second kappa shape index (κ2) is 10.4. The summed E-state index contributed by atoms with van der Waals surface area (Å²) in [4.78, 5) is 42.0. The lowest BCUT2D eigenvalue weighted by atomic mass is 10.1. The first kappa shape index (κ1) is 24.6. The Hall–Kier alpha value is -3.55. The van der Waals surface area contributed by atoms with Crippen LogP contribution in [0.3, 0.4) is 0 Å². The molecule has 1 aliphatic heterocycles. The van der Waals surface area contributed by atoms with E-state index in [0.29, 0.717) is 10.7 Å². The monoisotopic (exact) mass is 506 g/mol. The summed E-state index contributed by atoms with van der Waals surface area (Å²) >= 11 is 7.29. The van der Waals surface area contributed by atoms with Gasteiger partial charge in [0.15, 0.2) is 0 Å². The summed E-state index contributed by atoms with van der Waals surface area (Å²) in [6.45, 7) is 5.70. The summed E-state index contributed by atoms with van der Waals surface area (Å²) in [6, 6.07) is 19.3. The zero-order valence-electron chi connectivity index (χ0n) is 19.4. The second-order valence-electron chi connectivity index (χ2n) is 7.89. The molecule has 1 heterocycles. The fraction of sp³-hybridized carbons (Fsp3) is 0.148. The molecule has 178 valence electrons. The van der Waals surface area contributed by atoms with Crippen LogP contribution in [0, 0.1) is 13.8 Å². The first-order chi connectivity index (χ1) is 16.8. The van der Waals surface area contributed by atoms with Crippen LogP contribution >= 0.6 is 23.4 Å². The molecule has 8 heteroatoms. The van der Waals surface area contributed by atoms with Crippen LogP contribution in [0.15, 0.2) is 82.2 Å². The Bertz CT molecular complexity index is 1350. The van der Waals surface area contributed by atoms with E-state index in [1.54, 1.807) is 43.3 Å². The number of amides is 2. The number of ether oxygens (including phenoxy) is 1. The molecule has 6 nitrogen and oxygen atoms in total. The van der Waals surface area contributed by atoms with E-state index in [9.17, 15) is 14.4 Å². The molecule has 0 fully saturated rings. The summed E-state index contributed by atoms with van der Waals surface area (Å²) in [5.41, 5.74) is 2.98. The lowest BCUT2D eigenvalue weighted by molar-refractivity contribution is -0.120. The smallest absolute Gasteiger partial charge is 0.340 e. The molecule has 0 unspecified atom stereocenters. The van der Waals surface area contributed by atoms with Gasteiger partial charge in [0, 0.05) is 15.6 Å². The maximum Gasteiger partial charge on any atom is 0.340 e. The van der Waals surface area contributed by atoms with E-state index in [-0.39, 0.29) is 28.5 Å². The number of thioether (sulfide) groups is 1. The van der Waals surface area contributed by atoms with Gasteiger partial charge in [-0.25, -0.2) is 9.69 Å². The maximum absolute atomic E-state index is 13.7. The number of para-hydroxylation sites is 1. The zero-order valence-corrected chi connectivity index (χ0v) is 21.0. The molecule has 0 spiro atoms. The van der Waals surface area contributed by atoms with Crippen LogP contribution in [0.2, 0.25) is 5.02 Å². The summed E-state index contributed by atoms with van der Waals surface area (Å²) < 4.78 is 5.15. The number of nitrogens with one attached hydrogen (secondary N) is 1. The van der Waals surface area contributed by atoms with E-state index in [2.05, 4.69) is 5.32 Å². The zero-order chi connectivity index (χ0) is 25.1. The molecule has 2 amide bonds. The van der Waals surface area contributed by atoms with Crippen LogP contribution in [0.25, 0.3) is 0 Å². The normalized spacial score (nSPS) is 13.4. The van der Waals surface area contributed by atoms with E-state index < -0.39 is 17.8 Å². The van der Waals surface area contributed by atoms with Crippen LogP contribution in [0.5, 0.6) is 0 Å². The van der Waals surface area contributed by atoms with Crippen LogP contribution in [-0.4, -0.2) is 24.4 Å². The average molecular weight is 507 g/mol. The first-order valence-electron chi connectivity index (χ1n) is 11.0. The number of imide groups is 1. The molecule has 0 saturated heterocycles. The number of nitrogens with zero attached hydrogens (tertiary/aromatic N) is 1. The highest BCUT2D eigenvalue weighted by atomic mass is 35.5. The molecule has 35 heavy (non-hydrogen) atoms. The number of hydrogen-bond acceptors (Lipinski definition) is 6. The van der Waals surface area contributed by atoms with Crippen molar-refractivity contribution in [2.24, 2.45) is 0 Å². The minimum Gasteiger partial charge on any atom is -0.462 e. The summed E-state index contributed by atoms with van der Waals surface area (Å²) in [6.07, 6.45) is 0. The van der Waals surface area contributed by atoms with Crippen molar-refractivity contribution in [3.8, 4) is 0 Å². The Labute approximate surface area is 212 Å². The van der Waals surface area contributed by atoms with Gasteiger partial charge in [-0.2, -0.15) is 0 Å². The Balaban J connectivity index is 1.79. The number of esters is 1. The third-order valence-electron chi connectivity index (χ3n) is 5.37. The van der Waals surface area contributed by atoms with Gasteiger partial charge in [0.05, 0.1) is 17.9 Å². The van der Waals surface area contributed by atoms with Crippen molar-refractivity contribution < 1.29 is 19.1 Å². The molecule has 0 aliphatic carbocycles. The maximum atomic E-state index is 13.7. The van der Waals surface area contributed by atoms with E-state index >= 15 is 0 Å². The number of aryl methyl sites for hydroxylation is 2. The van der Waals surface area contributed by atoms with Crippen molar-refractivity contribution in [1.82, 2.24) is 0 Å². The fourth-order valence-corrected chi connectivity index (χ4v) is 4.76. The minimum absolute atomic E-state index is 0.129. The minimum atomic E-state index is -0.605. The van der Waals surface area contributed by atoms with Gasteiger partial charge in [0.25, 0.3) is 11.8 Å². The van der Waals surface area contributed by atoms with Crippen LogP contribution in [0.1, 0.15) is 28.4 Å². The second-order valence-corrected chi connectivity index (χ2v) is 9.41. The average Bonchev–Trinajstić information content (AvgIpc) is 3.06. The molecule has 4 rings (SSSR count). The van der Waals surface area contributed by atoms with Gasteiger partial charge >= 0.3 is 5.97 Å². The number of benzene rings is 3. The predicted molar refractivity (Wildman–Crippen MR) is 139 cm³/mol. The first-order valence-corrected chi connectivity index (χ1v) is 12.2. The molecule has 0 atom stereocenters. The Morgan fingerprint density at radius 3 is 2.40 bits per heavy atom. The van der Waals surface area contributed by atoms with Crippen molar-refractivity contribution >= 4 is 52.5 Å². The highest BCUT2D eigenvalue weighted by molar-refractivity contribution is 8.04. The van der Waals surface area contributed by atoms with Gasteiger partial charge in [0.2, 0.25) is 0 Å². The largest absolute Gasteiger partial charge is 0.462 e. The number of anilines is 2. The molecule has 1 N–H and O–H groups in total. The van der Waals surface area contributed by atoms with E-state index in [0.717, 1.165) is 20.9 Å². The van der Waals surface area contributed by atoms with E-state index in [1.165, 1.54) is 17.8 Å². The fourth-order valence-electron chi connectivity index (χ4n) is 3.61. The van der Waals surface area contributed by atoms with Crippen molar-refractivity contribution in [3.05, 3.63) is 99.0 Å². The molecule has 1 aliphatic rings. The van der Waals surface area contributed by atoms with Gasteiger partial charge in [-0.1, -0.05) is 53.2 Å². The number of carbonyl (C=O) groups is 3. The summed E-state index contributed by atoms with van der Waals surface area (Å²) in [7, 11) is 0. The quantitative estimate of drug-likeness (QED) is 0.307. The number of carbonyl (C=O) groups excluding carboxylic acids is 3. The molecule has 3 aromatic carbocycles. The molecule has 0 radical (unpaired) electrons. The standard InChI is InChI=1S/C27H23ClN2O4S/c1-4-34-27(33)20-7-5-6-8-22(20)30-25(31)23(29-21-14-11-18(28)15-17(21)3)24(26(30)32)35-19-12-9-16(2)10-13-19/h5-15,29H,4H2,1-3H3. The Morgan fingerprint density at radius 2 is 1.71 bits per heavy atom. The third-order valence-corrected chi connectivity index (χ3v) is 6.70. The number of hydrogen-bond donors (Lipinski definition) is 1. The SMILES string of the molecule is CCOC(=O)c1ccccc1N1C(=O)C(Nc2ccc(Cl)cc2C)=C(Sc2ccc(C)cc2)C1=O. The van der Waals surface area contributed by atoms with Crippen molar-refractivity contribution in [2.75, 3.05) is 16.8 Å². The van der Waals surface area contributed by atoms with Crippen LogP contribution in [-0.2, 0) is 14.3 Å². The topological polar surface area (TPSA) is 75.7 Å². The highest BCUT2D eigenvalue weighted by Crippen LogP contribution is 2.39. The summed E-state index contributed by atoms with van der Waals surface area (Å²) in [5, 5.41) is 3.71. The van der Waals surface area contributed by atoms with E-state index in [1.807, 2.05) is 38.1 Å². The Morgan fingerprint density at radius 1 is 1.00 bits per heavy atom. The van der Waals surface area contributed by atoms with Gasteiger partial charge in [0.1, 0.15) is 10.6 Å². The van der Waals surface area contributed by atoms with Gasteiger partial charge < -0.3 is 10.1 Å². The number of halogens is 1. The predicted octanol–water partition coefficient (Wildman–Crippen LogP) is 6.12.